The Kier molecular flexibility index (Phi) is 6.07. The molecule has 0 spiro atoms. The molecule has 1 N–H and O–H groups in total. The fourth-order valence-corrected chi connectivity index (χ4v) is 5.46. The molecule has 1 aliphatic heterocycles. The van der Waals surface area contributed by atoms with Gasteiger partial charge in [-0.15, -0.1) is 24.5 Å². The molecule has 1 saturated heterocycles. The van der Waals surface area contributed by atoms with Crippen LogP contribution in [0.1, 0.15) is 27.4 Å². The topological polar surface area (TPSA) is 74.3 Å². The van der Waals surface area contributed by atoms with E-state index in [1.807, 2.05) is 13.0 Å². The molecule has 180 valence electrons. The van der Waals surface area contributed by atoms with Crippen LogP contribution in [-0.4, -0.2) is 56.9 Å². The van der Waals surface area contributed by atoms with Crippen molar-refractivity contribution >= 4 is 17.2 Å². The van der Waals surface area contributed by atoms with Crippen LogP contribution in [0.4, 0.5) is 13.2 Å². The summed E-state index contributed by atoms with van der Waals surface area (Å²) in [5, 5.41) is 8.97. The van der Waals surface area contributed by atoms with Crippen molar-refractivity contribution in [2.45, 2.75) is 26.4 Å². The fourth-order valence-electron chi connectivity index (χ4n) is 4.94. The summed E-state index contributed by atoms with van der Waals surface area (Å²) in [5.41, 5.74) is 4.60. The number of amides is 1. The number of ether oxygens (including phenoxy) is 1. The molecule has 34 heavy (non-hydrogen) atoms. The van der Waals surface area contributed by atoms with Gasteiger partial charge >= 0.3 is 6.36 Å². The lowest BCUT2D eigenvalue weighted by Gasteiger charge is -2.25. The summed E-state index contributed by atoms with van der Waals surface area (Å²) in [6.45, 7) is 5.43. The average Bonchev–Trinajstić information content (AvgIpc) is 3.28. The quantitative estimate of drug-likeness (QED) is 0.514. The van der Waals surface area contributed by atoms with Crippen LogP contribution < -0.4 is 4.74 Å². The predicted octanol–water partition coefficient (Wildman–Crippen LogP) is 4.09. The number of nitrogens with one attached hydrogen (secondary N) is 1. The minimum atomic E-state index is -4.76. The average molecular weight is 492 g/mol. The second-order valence-electron chi connectivity index (χ2n) is 8.98. The van der Waals surface area contributed by atoms with Gasteiger partial charge in [-0.05, 0) is 48.4 Å². The molecule has 2 aliphatic rings. The van der Waals surface area contributed by atoms with Gasteiger partial charge in [-0.25, -0.2) is 4.98 Å². The zero-order valence-corrected chi connectivity index (χ0v) is 19.3. The first-order valence-electron chi connectivity index (χ1n) is 11.0. The molecule has 3 aromatic rings. The lowest BCUT2D eigenvalue weighted by atomic mass is 10.1. The number of likely N-dealkylation sites (tertiary alicyclic amines) is 1. The molecule has 1 aliphatic carbocycles. The van der Waals surface area contributed by atoms with E-state index in [0.717, 1.165) is 31.0 Å². The highest BCUT2D eigenvalue weighted by molar-refractivity contribution is 7.07. The zero-order valence-electron chi connectivity index (χ0n) is 18.5. The predicted molar refractivity (Wildman–Crippen MR) is 119 cm³/mol. The summed E-state index contributed by atoms with van der Waals surface area (Å²) in [4.78, 5) is 21.4. The van der Waals surface area contributed by atoms with Gasteiger partial charge in [0.05, 0.1) is 11.2 Å². The molecule has 0 bridgehead atoms. The van der Waals surface area contributed by atoms with E-state index in [1.54, 1.807) is 21.9 Å². The number of carbonyl (C=O) groups is 1. The molecule has 2 atom stereocenters. The molecule has 3 heterocycles. The van der Waals surface area contributed by atoms with Crippen molar-refractivity contribution in [3.63, 3.8) is 0 Å². The molecule has 0 radical (unpaired) electrons. The number of alkyl halides is 3. The van der Waals surface area contributed by atoms with E-state index in [9.17, 15) is 18.0 Å². The second kappa shape index (κ2) is 9.03. The van der Waals surface area contributed by atoms with Crippen molar-refractivity contribution in [3.8, 4) is 5.75 Å². The molecular weight excluding hydrogens is 467 g/mol. The second-order valence-corrected chi connectivity index (χ2v) is 9.70. The Morgan fingerprint density at radius 1 is 1.29 bits per heavy atom. The summed E-state index contributed by atoms with van der Waals surface area (Å²) in [6, 6.07) is 7.83. The van der Waals surface area contributed by atoms with Crippen LogP contribution in [0.3, 0.4) is 0 Å². The van der Waals surface area contributed by atoms with Crippen molar-refractivity contribution in [2.24, 2.45) is 17.8 Å². The van der Waals surface area contributed by atoms with Gasteiger partial charge in [-0.1, -0.05) is 12.1 Å². The highest BCUT2D eigenvalue weighted by atomic mass is 32.1. The third-order valence-corrected chi connectivity index (χ3v) is 7.05. The molecule has 1 aromatic carbocycles. The number of nitrogens with zero attached hydrogens (tertiary/aromatic N) is 4. The molecule has 2 unspecified atom stereocenters. The highest BCUT2D eigenvalue weighted by Crippen LogP contribution is 2.52. The van der Waals surface area contributed by atoms with E-state index < -0.39 is 6.36 Å². The lowest BCUT2D eigenvalue weighted by molar-refractivity contribution is -0.274. The Balaban J connectivity index is 1.24. The van der Waals surface area contributed by atoms with Crippen LogP contribution in [-0.2, 0) is 13.1 Å². The molecule has 1 saturated carbocycles. The minimum absolute atomic E-state index is 0.192. The Morgan fingerprint density at radius 2 is 2.09 bits per heavy atom. The first-order chi connectivity index (χ1) is 16.2. The first-order valence-corrected chi connectivity index (χ1v) is 11.9. The summed E-state index contributed by atoms with van der Waals surface area (Å²) < 4.78 is 41.9. The van der Waals surface area contributed by atoms with E-state index in [1.165, 1.54) is 29.5 Å². The molecule has 7 nitrogen and oxygen atoms in total. The standard InChI is InChI=1S/C23H24F3N5O2S/c1-14-5-16(29-28-14)8-30-9-18-19(10-30)20(18)11-31(22(32)21-12-34-13-27-21)7-15-3-2-4-17(6-15)33-23(24,25)26/h2-6,12-13,18-20H,7-11H2,1H3,(H,28,29). The Bertz CT molecular complexity index is 1140. The number of halogens is 3. The lowest BCUT2D eigenvalue weighted by Crippen LogP contribution is -2.35. The van der Waals surface area contributed by atoms with Gasteiger partial charge in [-0.3, -0.25) is 14.8 Å². The summed E-state index contributed by atoms with van der Waals surface area (Å²) in [5.74, 6) is 0.876. The van der Waals surface area contributed by atoms with Crippen LogP contribution in [0.2, 0.25) is 0 Å². The maximum atomic E-state index is 13.2. The van der Waals surface area contributed by atoms with Gasteiger partial charge in [0.2, 0.25) is 0 Å². The van der Waals surface area contributed by atoms with E-state index in [2.05, 4.69) is 24.8 Å². The molecule has 1 amide bonds. The van der Waals surface area contributed by atoms with Crippen molar-refractivity contribution in [2.75, 3.05) is 19.6 Å². The Morgan fingerprint density at radius 3 is 2.74 bits per heavy atom. The maximum absolute atomic E-state index is 13.2. The third-order valence-electron chi connectivity index (χ3n) is 6.47. The first kappa shape index (κ1) is 22.9. The number of thiazole rings is 1. The van der Waals surface area contributed by atoms with E-state index >= 15 is 0 Å². The number of hydrogen-bond acceptors (Lipinski definition) is 6. The number of aromatic nitrogens is 3. The van der Waals surface area contributed by atoms with Gasteiger partial charge in [-0.2, -0.15) is 5.10 Å². The maximum Gasteiger partial charge on any atom is 0.573 e. The van der Waals surface area contributed by atoms with Gasteiger partial charge in [0, 0.05) is 43.8 Å². The van der Waals surface area contributed by atoms with E-state index in [-0.39, 0.29) is 18.2 Å². The SMILES string of the molecule is Cc1cc(CN2CC3C(C2)C3CN(Cc2cccc(OC(F)(F)F)c2)C(=O)c2cscn2)n[nH]1. The molecule has 5 rings (SSSR count). The number of aryl methyl sites for hydroxylation is 1. The number of carbonyl (C=O) groups excluding carboxylic acids is 1. The van der Waals surface area contributed by atoms with Crippen molar-refractivity contribution < 1.29 is 22.7 Å². The van der Waals surface area contributed by atoms with Crippen molar-refractivity contribution in [1.82, 2.24) is 25.0 Å². The van der Waals surface area contributed by atoms with Crippen molar-refractivity contribution in [1.29, 1.82) is 0 Å². The largest absolute Gasteiger partial charge is 0.573 e. The van der Waals surface area contributed by atoms with Gasteiger partial charge < -0.3 is 9.64 Å². The molecule has 11 heteroatoms. The zero-order chi connectivity index (χ0) is 23.9. The number of benzene rings is 1. The van der Waals surface area contributed by atoms with Crippen LogP contribution in [0.25, 0.3) is 0 Å². The smallest absolute Gasteiger partial charge is 0.406 e. The van der Waals surface area contributed by atoms with E-state index in [4.69, 9.17) is 0 Å². The number of rotatable bonds is 8. The fraction of sp³-hybridized carbons (Fsp3) is 0.435. The number of fused-ring (bicyclic) bond motifs is 1. The number of piperidine rings is 1. The minimum Gasteiger partial charge on any atom is -0.406 e. The van der Waals surface area contributed by atoms with Gasteiger partial charge in [0.25, 0.3) is 5.91 Å². The number of H-pyrrole nitrogens is 1. The van der Waals surface area contributed by atoms with Crippen LogP contribution in [0.15, 0.2) is 41.2 Å². The van der Waals surface area contributed by atoms with Crippen LogP contribution >= 0.6 is 11.3 Å². The normalized spacial score (nSPS) is 21.9. The van der Waals surface area contributed by atoms with Crippen LogP contribution in [0.5, 0.6) is 5.75 Å². The molecular formula is C23H24F3N5O2S. The molecule has 2 fully saturated rings. The van der Waals surface area contributed by atoms with Gasteiger partial charge in [0.1, 0.15) is 11.4 Å². The van der Waals surface area contributed by atoms with Crippen LogP contribution in [0, 0.1) is 24.7 Å². The summed E-state index contributed by atoms with van der Waals surface area (Å²) >= 11 is 1.34. The number of hydrogen-bond donors (Lipinski definition) is 1. The highest BCUT2D eigenvalue weighted by Gasteiger charge is 2.56. The third kappa shape index (κ3) is 5.25. The Hall–Kier alpha value is -2.92. The van der Waals surface area contributed by atoms with Crippen molar-refractivity contribution in [3.05, 3.63) is 63.9 Å². The monoisotopic (exact) mass is 491 g/mol. The Labute approximate surface area is 198 Å². The summed E-state index contributed by atoms with van der Waals surface area (Å²) in [6.07, 6.45) is -4.76. The molecule has 2 aromatic heterocycles. The number of aromatic amines is 1. The van der Waals surface area contributed by atoms with E-state index in [0.29, 0.717) is 35.6 Å². The summed E-state index contributed by atoms with van der Waals surface area (Å²) in [7, 11) is 0. The van der Waals surface area contributed by atoms with Gasteiger partial charge in [0.15, 0.2) is 0 Å².